The van der Waals surface area contributed by atoms with E-state index in [0.717, 1.165) is 5.56 Å². The number of urea groups is 1. The molecule has 1 saturated heterocycles. The Labute approximate surface area is 170 Å². The van der Waals surface area contributed by atoms with E-state index in [1.54, 1.807) is 17.0 Å². The third-order valence-corrected chi connectivity index (χ3v) is 4.91. The zero-order valence-electron chi connectivity index (χ0n) is 16.3. The van der Waals surface area contributed by atoms with E-state index in [0.29, 0.717) is 38.0 Å². The van der Waals surface area contributed by atoms with Crippen LogP contribution in [0.15, 0.2) is 60.7 Å². The first-order valence-corrected chi connectivity index (χ1v) is 9.81. The first kappa shape index (κ1) is 20.4. The number of carbonyl (C=O) groups excluding carboxylic acids is 3. The average molecular weight is 394 g/mol. The smallest absolute Gasteiger partial charge is 0.315 e. The van der Waals surface area contributed by atoms with Gasteiger partial charge in [-0.15, -0.1) is 0 Å². The maximum Gasteiger partial charge on any atom is 0.315 e. The lowest BCUT2D eigenvalue weighted by atomic mass is 10.0. The SMILES string of the molecule is O=C(NCC(=O)N1CCC(NC(=O)c2ccccc2)CC1)NCc1ccccc1. The maximum absolute atomic E-state index is 12.3. The highest BCUT2D eigenvalue weighted by Crippen LogP contribution is 2.11. The molecule has 29 heavy (non-hydrogen) atoms. The van der Waals surface area contributed by atoms with E-state index in [4.69, 9.17) is 0 Å². The van der Waals surface area contributed by atoms with Crippen LogP contribution in [0.2, 0.25) is 0 Å². The summed E-state index contributed by atoms with van der Waals surface area (Å²) in [5, 5.41) is 8.36. The Balaban J connectivity index is 1.34. The van der Waals surface area contributed by atoms with E-state index < -0.39 is 0 Å². The molecule has 1 heterocycles. The Morgan fingerprint density at radius 3 is 2.14 bits per heavy atom. The highest BCUT2D eigenvalue weighted by atomic mass is 16.2. The van der Waals surface area contributed by atoms with E-state index in [1.165, 1.54) is 0 Å². The molecule has 152 valence electrons. The number of hydrogen-bond donors (Lipinski definition) is 3. The van der Waals surface area contributed by atoms with Crippen LogP contribution in [0.5, 0.6) is 0 Å². The van der Waals surface area contributed by atoms with Crippen molar-refractivity contribution in [1.29, 1.82) is 0 Å². The third kappa shape index (κ3) is 6.34. The summed E-state index contributed by atoms with van der Waals surface area (Å²) in [7, 11) is 0. The number of rotatable bonds is 6. The second kappa shape index (κ2) is 10.3. The van der Waals surface area contributed by atoms with Gasteiger partial charge in [-0.05, 0) is 30.5 Å². The van der Waals surface area contributed by atoms with Crippen LogP contribution in [0.3, 0.4) is 0 Å². The molecule has 7 nitrogen and oxygen atoms in total. The molecule has 0 aromatic heterocycles. The molecule has 2 aromatic rings. The fourth-order valence-corrected chi connectivity index (χ4v) is 3.24. The Morgan fingerprint density at radius 1 is 0.862 bits per heavy atom. The lowest BCUT2D eigenvalue weighted by molar-refractivity contribution is -0.131. The molecule has 3 N–H and O–H groups in total. The highest BCUT2D eigenvalue weighted by molar-refractivity contribution is 5.94. The number of carbonyl (C=O) groups is 3. The van der Waals surface area contributed by atoms with E-state index >= 15 is 0 Å². The van der Waals surface area contributed by atoms with E-state index in [1.807, 2.05) is 48.5 Å². The molecule has 0 atom stereocenters. The van der Waals surface area contributed by atoms with Gasteiger partial charge in [0, 0.05) is 31.2 Å². The molecule has 7 heteroatoms. The molecule has 4 amide bonds. The first-order chi connectivity index (χ1) is 14.1. The number of hydrogen-bond acceptors (Lipinski definition) is 3. The second-order valence-electron chi connectivity index (χ2n) is 7.02. The highest BCUT2D eigenvalue weighted by Gasteiger charge is 2.24. The molecule has 0 radical (unpaired) electrons. The van der Waals surface area contributed by atoms with Gasteiger partial charge in [-0.25, -0.2) is 4.79 Å². The summed E-state index contributed by atoms with van der Waals surface area (Å²) < 4.78 is 0. The normalized spacial score (nSPS) is 14.1. The lowest BCUT2D eigenvalue weighted by Gasteiger charge is -2.32. The van der Waals surface area contributed by atoms with Crippen molar-refractivity contribution >= 4 is 17.8 Å². The van der Waals surface area contributed by atoms with Gasteiger partial charge < -0.3 is 20.9 Å². The number of nitrogens with one attached hydrogen (secondary N) is 3. The fraction of sp³-hybridized carbons (Fsp3) is 0.318. The van der Waals surface area contributed by atoms with E-state index in [-0.39, 0.29) is 30.4 Å². The lowest BCUT2D eigenvalue weighted by Crippen LogP contribution is -2.49. The minimum absolute atomic E-state index is 0.0400. The number of likely N-dealkylation sites (tertiary alicyclic amines) is 1. The van der Waals surface area contributed by atoms with Crippen molar-refractivity contribution in [3.63, 3.8) is 0 Å². The Kier molecular flexibility index (Phi) is 7.22. The maximum atomic E-state index is 12.3. The van der Waals surface area contributed by atoms with Gasteiger partial charge in [0.05, 0.1) is 6.54 Å². The van der Waals surface area contributed by atoms with E-state index in [2.05, 4.69) is 16.0 Å². The summed E-state index contributed by atoms with van der Waals surface area (Å²) in [5.74, 6) is -0.208. The zero-order valence-corrected chi connectivity index (χ0v) is 16.3. The molecular weight excluding hydrogens is 368 g/mol. The van der Waals surface area contributed by atoms with Crippen LogP contribution in [-0.4, -0.2) is 48.4 Å². The summed E-state index contributed by atoms with van der Waals surface area (Å²) >= 11 is 0. The number of amides is 4. The summed E-state index contributed by atoms with van der Waals surface area (Å²) in [5.41, 5.74) is 1.63. The van der Waals surface area contributed by atoms with Gasteiger partial charge in [0.2, 0.25) is 5.91 Å². The van der Waals surface area contributed by atoms with Crippen LogP contribution < -0.4 is 16.0 Å². The molecule has 0 spiro atoms. The molecule has 1 aliphatic rings. The van der Waals surface area contributed by atoms with Crippen molar-refractivity contribution < 1.29 is 14.4 Å². The molecule has 0 aliphatic carbocycles. The Morgan fingerprint density at radius 2 is 1.48 bits per heavy atom. The minimum atomic E-state index is -0.368. The zero-order chi connectivity index (χ0) is 20.5. The third-order valence-electron chi connectivity index (χ3n) is 4.91. The van der Waals surface area contributed by atoms with Gasteiger partial charge >= 0.3 is 6.03 Å². The van der Waals surface area contributed by atoms with Crippen molar-refractivity contribution in [2.75, 3.05) is 19.6 Å². The first-order valence-electron chi connectivity index (χ1n) is 9.81. The minimum Gasteiger partial charge on any atom is -0.349 e. The summed E-state index contributed by atoms with van der Waals surface area (Å²) in [6, 6.07) is 18.4. The largest absolute Gasteiger partial charge is 0.349 e. The van der Waals surface area contributed by atoms with E-state index in [9.17, 15) is 14.4 Å². The van der Waals surface area contributed by atoms with Crippen LogP contribution in [0.1, 0.15) is 28.8 Å². The van der Waals surface area contributed by atoms with Gasteiger partial charge in [-0.3, -0.25) is 9.59 Å². The van der Waals surface area contributed by atoms with Crippen LogP contribution in [0.25, 0.3) is 0 Å². The van der Waals surface area contributed by atoms with Gasteiger partial charge in [0.15, 0.2) is 0 Å². The average Bonchev–Trinajstić information content (AvgIpc) is 2.78. The number of benzene rings is 2. The monoisotopic (exact) mass is 394 g/mol. The van der Waals surface area contributed by atoms with Crippen molar-refractivity contribution in [3.8, 4) is 0 Å². The van der Waals surface area contributed by atoms with Crippen LogP contribution >= 0.6 is 0 Å². The predicted octanol–water partition coefficient (Wildman–Crippen LogP) is 1.91. The van der Waals surface area contributed by atoms with Gasteiger partial charge in [-0.1, -0.05) is 48.5 Å². The van der Waals surface area contributed by atoms with Gasteiger partial charge in [-0.2, -0.15) is 0 Å². The quantitative estimate of drug-likeness (QED) is 0.699. The van der Waals surface area contributed by atoms with Crippen molar-refractivity contribution in [2.45, 2.75) is 25.4 Å². The predicted molar refractivity (Wildman–Crippen MR) is 110 cm³/mol. The van der Waals surface area contributed by atoms with Crippen LogP contribution in [0, 0.1) is 0 Å². The molecule has 0 unspecified atom stereocenters. The molecule has 2 aromatic carbocycles. The molecule has 3 rings (SSSR count). The number of piperidine rings is 1. The molecule has 0 bridgehead atoms. The Bertz CT molecular complexity index is 818. The van der Waals surface area contributed by atoms with Crippen molar-refractivity contribution in [3.05, 3.63) is 71.8 Å². The Hall–Kier alpha value is -3.35. The van der Waals surface area contributed by atoms with Crippen LogP contribution in [0.4, 0.5) is 4.79 Å². The number of nitrogens with zero attached hydrogens (tertiary/aromatic N) is 1. The van der Waals surface area contributed by atoms with Gasteiger partial charge in [0.25, 0.3) is 5.91 Å². The van der Waals surface area contributed by atoms with Gasteiger partial charge in [0.1, 0.15) is 0 Å². The summed E-state index contributed by atoms with van der Waals surface area (Å²) in [4.78, 5) is 38.1. The standard InChI is InChI=1S/C22H26N4O3/c27-20(16-24-22(29)23-15-17-7-3-1-4-8-17)26-13-11-19(12-14-26)25-21(28)18-9-5-2-6-10-18/h1-10,19H,11-16H2,(H,25,28)(H2,23,24,29). The van der Waals surface area contributed by atoms with Crippen molar-refractivity contribution in [2.24, 2.45) is 0 Å². The second-order valence-corrected chi connectivity index (χ2v) is 7.02. The summed E-state index contributed by atoms with van der Waals surface area (Å²) in [6.45, 7) is 1.49. The summed E-state index contributed by atoms with van der Waals surface area (Å²) in [6.07, 6.45) is 1.40. The molecule has 1 aliphatic heterocycles. The molecule has 1 fully saturated rings. The topological polar surface area (TPSA) is 90.5 Å². The molecular formula is C22H26N4O3. The fourth-order valence-electron chi connectivity index (χ4n) is 3.24. The van der Waals surface area contributed by atoms with Crippen molar-refractivity contribution in [1.82, 2.24) is 20.9 Å². The molecule has 0 saturated carbocycles. The van der Waals surface area contributed by atoms with Crippen LogP contribution in [-0.2, 0) is 11.3 Å².